The smallest absolute Gasteiger partial charge is 0.265 e. The van der Waals surface area contributed by atoms with E-state index in [0.717, 1.165) is 22.6 Å². The Balaban J connectivity index is 1.79. The van der Waals surface area contributed by atoms with Crippen molar-refractivity contribution in [3.05, 3.63) is 38.2 Å². The Morgan fingerprint density at radius 2 is 2.27 bits per heavy atom. The van der Waals surface area contributed by atoms with Crippen molar-refractivity contribution in [2.24, 2.45) is 5.92 Å². The minimum absolute atomic E-state index is 0.0389. The van der Waals surface area contributed by atoms with E-state index in [1.807, 2.05) is 30.5 Å². The minimum Gasteiger partial charge on any atom is -0.495 e. The molecule has 2 aromatic heterocycles. The number of hydrogen-bond acceptors (Lipinski definition) is 5. The van der Waals surface area contributed by atoms with E-state index in [2.05, 4.69) is 5.32 Å². The van der Waals surface area contributed by atoms with Crippen LogP contribution in [0.5, 0.6) is 5.75 Å². The number of hydrogen-bond donors (Lipinski definition) is 2. The lowest BCUT2D eigenvalue weighted by molar-refractivity contribution is 0.0241. The van der Waals surface area contributed by atoms with Crippen LogP contribution in [0, 0.1) is 12.8 Å². The topological polar surface area (TPSA) is 58.6 Å². The Hall–Kier alpha value is -1.37. The molecule has 1 atom stereocenters. The van der Waals surface area contributed by atoms with Gasteiger partial charge in [0.15, 0.2) is 0 Å². The second kappa shape index (κ2) is 6.40. The number of aliphatic hydroxyl groups excluding tert-OH is 1. The lowest BCUT2D eigenvalue weighted by Gasteiger charge is -2.37. The largest absolute Gasteiger partial charge is 0.495 e. The van der Waals surface area contributed by atoms with Gasteiger partial charge in [0, 0.05) is 9.75 Å². The summed E-state index contributed by atoms with van der Waals surface area (Å²) >= 11 is 3.08. The Kier molecular flexibility index (Phi) is 4.52. The fourth-order valence-electron chi connectivity index (χ4n) is 2.80. The van der Waals surface area contributed by atoms with Gasteiger partial charge in [-0.1, -0.05) is 6.07 Å². The lowest BCUT2D eigenvalue weighted by Crippen LogP contribution is -2.41. The number of methoxy groups -OCH3 is 1. The summed E-state index contributed by atoms with van der Waals surface area (Å²) in [5, 5.41) is 14.7. The highest BCUT2D eigenvalue weighted by molar-refractivity contribution is 7.14. The monoisotopic (exact) mass is 337 g/mol. The normalized spacial score (nSPS) is 22.0. The molecule has 3 rings (SSSR count). The maximum Gasteiger partial charge on any atom is 0.265 e. The van der Waals surface area contributed by atoms with Crippen LogP contribution in [-0.2, 0) is 0 Å². The number of carbonyl (C=O) groups is 1. The lowest BCUT2D eigenvalue weighted by atomic mass is 9.76. The van der Waals surface area contributed by atoms with Crippen LogP contribution in [-0.4, -0.2) is 24.2 Å². The van der Waals surface area contributed by atoms with E-state index < -0.39 is 0 Å². The number of nitrogens with one attached hydrogen (secondary N) is 1. The molecule has 0 unspecified atom stereocenters. The van der Waals surface area contributed by atoms with Crippen molar-refractivity contribution in [3.8, 4) is 5.75 Å². The fraction of sp³-hybridized carbons (Fsp3) is 0.438. The van der Waals surface area contributed by atoms with Gasteiger partial charge in [0.25, 0.3) is 5.91 Å². The van der Waals surface area contributed by atoms with E-state index >= 15 is 0 Å². The van der Waals surface area contributed by atoms with Gasteiger partial charge in [-0.25, -0.2) is 0 Å². The van der Waals surface area contributed by atoms with Crippen LogP contribution < -0.4 is 10.1 Å². The van der Waals surface area contributed by atoms with Gasteiger partial charge in [0.1, 0.15) is 10.6 Å². The average molecular weight is 337 g/mol. The van der Waals surface area contributed by atoms with E-state index in [1.54, 1.807) is 18.4 Å². The summed E-state index contributed by atoms with van der Waals surface area (Å²) in [6.45, 7) is 1.96. The predicted molar refractivity (Wildman–Crippen MR) is 88.9 cm³/mol. The summed E-state index contributed by atoms with van der Waals surface area (Å²) in [7, 11) is 1.58. The average Bonchev–Trinajstić information content (AvgIpc) is 3.10. The molecule has 22 heavy (non-hydrogen) atoms. The van der Waals surface area contributed by atoms with E-state index in [0.29, 0.717) is 16.5 Å². The van der Waals surface area contributed by atoms with Gasteiger partial charge in [0.2, 0.25) is 0 Å². The van der Waals surface area contributed by atoms with Crippen LogP contribution in [0.25, 0.3) is 0 Å². The van der Waals surface area contributed by atoms with Crippen molar-refractivity contribution in [1.82, 2.24) is 5.32 Å². The van der Waals surface area contributed by atoms with Crippen LogP contribution in [0.2, 0.25) is 0 Å². The van der Waals surface area contributed by atoms with Gasteiger partial charge in [0.05, 0.1) is 19.3 Å². The highest BCUT2D eigenvalue weighted by Crippen LogP contribution is 2.40. The summed E-state index contributed by atoms with van der Waals surface area (Å²) in [4.78, 5) is 15.4. The van der Waals surface area contributed by atoms with E-state index in [4.69, 9.17) is 4.74 Å². The summed E-state index contributed by atoms with van der Waals surface area (Å²) in [5.41, 5.74) is 0. The Bertz CT molecular complexity index is 644. The number of thiophene rings is 2. The molecule has 118 valence electrons. The number of rotatable bonds is 5. The third-order valence-electron chi connectivity index (χ3n) is 4.00. The Labute approximate surface area is 137 Å². The molecule has 2 N–H and O–H groups in total. The molecule has 2 heterocycles. The predicted octanol–water partition coefficient (Wildman–Crippen LogP) is 3.37. The number of aliphatic hydroxyl groups is 1. The quantitative estimate of drug-likeness (QED) is 0.879. The highest BCUT2D eigenvalue weighted by Gasteiger charge is 2.36. The molecular weight excluding hydrogens is 318 g/mol. The molecular formula is C16H19NO3S2. The van der Waals surface area contributed by atoms with Crippen LogP contribution in [0.3, 0.4) is 0 Å². The first-order chi connectivity index (χ1) is 10.6. The second-order valence-electron chi connectivity index (χ2n) is 5.61. The molecule has 1 aliphatic carbocycles. The van der Waals surface area contributed by atoms with Crippen LogP contribution in [0.4, 0.5) is 0 Å². The van der Waals surface area contributed by atoms with Gasteiger partial charge in [-0.05, 0) is 43.2 Å². The summed E-state index contributed by atoms with van der Waals surface area (Å²) in [5.74, 6) is 0.818. The SMILES string of the molecule is COc1cc(C)sc1C(=O)N[C@@H](c1cccs1)C1CC(O)C1. The van der Waals surface area contributed by atoms with Gasteiger partial charge in [-0.2, -0.15) is 0 Å². The number of amides is 1. The Morgan fingerprint density at radius 3 is 2.86 bits per heavy atom. The van der Waals surface area contributed by atoms with E-state index in [9.17, 15) is 9.90 Å². The van der Waals surface area contributed by atoms with Gasteiger partial charge >= 0.3 is 0 Å². The van der Waals surface area contributed by atoms with Gasteiger partial charge in [-0.3, -0.25) is 4.79 Å². The highest BCUT2D eigenvalue weighted by atomic mass is 32.1. The van der Waals surface area contributed by atoms with Crippen LogP contribution in [0.15, 0.2) is 23.6 Å². The molecule has 0 aromatic carbocycles. The van der Waals surface area contributed by atoms with Crippen LogP contribution >= 0.6 is 22.7 Å². The standard InChI is InChI=1S/C16H19NO3S2/c1-9-6-12(20-2)15(22-9)16(19)17-14(10-7-11(18)8-10)13-4-3-5-21-13/h3-6,10-11,14,18H,7-8H2,1-2H3,(H,17,19)/t10?,11?,14-/m1/s1. The van der Waals surface area contributed by atoms with Crippen LogP contribution in [0.1, 0.15) is 38.3 Å². The first-order valence-electron chi connectivity index (χ1n) is 7.25. The zero-order valence-corrected chi connectivity index (χ0v) is 14.2. The molecule has 0 radical (unpaired) electrons. The molecule has 0 saturated heterocycles. The molecule has 1 fully saturated rings. The van der Waals surface area contributed by atoms with Crippen molar-refractivity contribution >= 4 is 28.6 Å². The molecule has 0 bridgehead atoms. The van der Waals surface area contributed by atoms with Crippen molar-refractivity contribution in [3.63, 3.8) is 0 Å². The zero-order valence-electron chi connectivity index (χ0n) is 12.5. The molecule has 1 saturated carbocycles. The molecule has 0 spiro atoms. The summed E-state index contributed by atoms with van der Waals surface area (Å²) in [6, 6.07) is 5.87. The Morgan fingerprint density at radius 1 is 1.50 bits per heavy atom. The second-order valence-corrected chi connectivity index (χ2v) is 7.84. The van der Waals surface area contributed by atoms with Gasteiger partial charge in [-0.15, -0.1) is 22.7 Å². The van der Waals surface area contributed by atoms with E-state index in [-0.39, 0.29) is 18.1 Å². The van der Waals surface area contributed by atoms with Crippen molar-refractivity contribution in [1.29, 1.82) is 0 Å². The van der Waals surface area contributed by atoms with Gasteiger partial charge < -0.3 is 15.2 Å². The number of aryl methyl sites for hydroxylation is 1. The third-order valence-corrected chi connectivity index (χ3v) is 5.99. The molecule has 4 nitrogen and oxygen atoms in total. The zero-order chi connectivity index (χ0) is 15.7. The van der Waals surface area contributed by atoms with Crippen molar-refractivity contribution < 1.29 is 14.6 Å². The van der Waals surface area contributed by atoms with Crippen molar-refractivity contribution in [2.75, 3.05) is 7.11 Å². The first kappa shape index (κ1) is 15.5. The molecule has 1 amide bonds. The number of ether oxygens (including phenoxy) is 1. The molecule has 6 heteroatoms. The maximum atomic E-state index is 12.6. The third kappa shape index (κ3) is 3.04. The molecule has 2 aromatic rings. The number of carbonyl (C=O) groups excluding carboxylic acids is 1. The molecule has 1 aliphatic rings. The van der Waals surface area contributed by atoms with Crippen molar-refractivity contribution in [2.45, 2.75) is 31.9 Å². The first-order valence-corrected chi connectivity index (χ1v) is 8.95. The molecule has 0 aliphatic heterocycles. The summed E-state index contributed by atoms with van der Waals surface area (Å²) in [6.07, 6.45) is 1.25. The maximum absolute atomic E-state index is 12.6. The fourth-order valence-corrected chi connectivity index (χ4v) is 4.55. The van der Waals surface area contributed by atoms with E-state index in [1.165, 1.54) is 11.3 Å². The minimum atomic E-state index is -0.233. The summed E-state index contributed by atoms with van der Waals surface area (Å²) < 4.78 is 5.29.